The molecule has 2 unspecified atom stereocenters. The molecule has 2 aliphatic carbocycles. The molecule has 1 fully saturated rings. The topological polar surface area (TPSA) is 59.4 Å². The number of carbonyl (C=O) groups excluding carboxylic acids is 1. The van der Waals surface area contributed by atoms with Gasteiger partial charge in [0.15, 0.2) is 0 Å². The Morgan fingerprint density at radius 3 is 2.68 bits per heavy atom. The van der Waals surface area contributed by atoms with Crippen LogP contribution in [-0.2, 0) is 35.2 Å². The number of pyridine rings is 1. The predicted molar refractivity (Wildman–Crippen MR) is 108 cm³/mol. The van der Waals surface area contributed by atoms with Crippen LogP contribution in [0.3, 0.4) is 0 Å². The number of hydrogen-bond acceptors (Lipinski definition) is 4. The van der Waals surface area contributed by atoms with Gasteiger partial charge in [-0.25, -0.2) is 0 Å². The molecule has 2 aromatic rings. The second kappa shape index (κ2) is 8.44. The summed E-state index contributed by atoms with van der Waals surface area (Å²) < 4.78 is 5.03. The van der Waals surface area contributed by atoms with Crippen LogP contribution in [0.15, 0.2) is 30.3 Å². The number of esters is 1. The molecule has 28 heavy (non-hydrogen) atoms. The Morgan fingerprint density at radius 1 is 1.18 bits per heavy atom. The highest BCUT2D eigenvalue weighted by Gasteiger charge is 2.27. The summed E-state index contributed by atoms with van der Waals surface area (Å²) in [6.45, 7) is 2.25. The average Bonchev–Trinajstić information content (AvgIpc) is 3.32. The maximum atomic E-state index is 11.7. The molecule has 1 heterocycles. The predicted octanol–water partition coefficient (Wildman–Crippen LogP) is 3.90. The minimum atomic E-state index is -0.175. The van der Waals surface area contributed by atoms with Crippen LogP contribution in [0.5, 0.6) is 0 Å². The second-order valence-corrected chi connectivity index (χ2v) is 8.12. The van der Waals surface area contributed by atoms with Crippen LogP contribution in [0, 0.1) is 0 Å². The van der Waals surface area contributed by atoms with Crippen LogP contribution >= 0.6 is 0 Å². The van der Waals surface area contributed by atoms with Gasteiger partial charge in [0.25, 0.3) is 0 Å². The molecule has 0 radical (unpaired) electrons. The lowest BCUT2D eigenvalue weighted by molar-refractivity contribution is -0.142. The van der Waals surface area contributed by atoms with Crippen molar-refractivity contribution < 1.29 is 14.6 Å². The van der Waals surface area contributed by atoms with Crippen molar-refractivity contribution in [3.63, 3.8) is 0 Å². The van der Waals surface area contributed by atoms with Gasteiger partial charge in [0, 0.05) is 17.3 Å². The van der Waals surface area contributed by atoms with Crippen LogP contribution < -0.4 is 0 Å². The number of rotatable bonds is 6. The minimum Gasteiger partial charge on any atom is -0.466 e. The first-order valence-corrected chi connectivity index (χ1v) is 10.6. The van der Waals surface area contributed by atoms with Gasteiger partial charge in [-0.3, -0.25) is 9.78 Å². The fourth-order valence-electron chi connectivity index (χ4n) is 4.62. The van der Waals surface area contributed by atoms with Crippen molar-refractivity contribution >= 4 is 5.97 Å². The number of aliphatic hydroxyl groups excluding tert-OH is 1. The van der Waals surface area contributed by atoms with E-state index in [-0.39, 0.29) is 12.1 Å². The Balaban J connectivity index is 1.52. The number of fused-ring (bicyclic) bond motifs is 1. The molecule has 1 aromatic carbocycles. The number of benzene rings is 1. The molecule has 2 atom stereocenters. The van der Waals surface area contributed by atoms with E-state index in [1.54, 1.807) is 0 Å². The van der Waals surface area contributed by atoms with Gasteiger partial charge in [-0.1, -0.05) is 24.3 Å². The largest absolute Gasteiger partial charge is 0.466 e. The Kier molecular flexibility index (Phi) is 5.77. The Hall–Kier alpha value is -2.20. The molecular weight excluding hydrogens is 350 g/mol. The zero-order chi connectivity index (χ0) is 19.5. The van der Waals surface area contributed by atoms with Gasteiger partial charge in [-0.05, 0) is 80.2 Å². The van der Waals surface area contributed by atoms with Crippen molar-refractivity contribution in [2.45, 2.75) is 70.3 Å². The zero-order valence-electron chi connectivity index (χ0n) is 16.6. The summed E-state index contributed by atoms with van der Waals surface area (Å²) >= 11 is 0. The molecule has 148 valence electrons. The smallest absolute Gasteiger partial charge is 0.310 e. The first-order chi connectivity index (χ1) is 13.6. The number of carbonyl (C=O) groups is 1. The number of nitrogens with zero attached hydrogens (tertiary/aromatic N) is 1. The summed E-state index contributed by atoms with van der Waals surface area (Å²) in [5, 5.41) is 9.92. The number of aliphatic hydroxyl groups is 1. The van der Waals surface area contributed by atoms with Gasteiger partial charge in [-0.2, -0.15) is 0 Å². The Bertz CT molecular complexity index is 844. The molecule has 0 amide bonds. The third-order valence-corrected chi connectivity index (χ3v) is 6.06. The summed E-state index contributed by atoms with van der Waals surface area (Å²) in [4.78, 5) is 16.6. The SMILES string of the molecule is CCOC(=O)Cc1ccc(Cc2cc(C3CCC(O)C3)nc3c2CCC3)cc1. The second-order valence-electron chi connectivity index (χ2n) is 8.12. The molecule has 0 bridgehead atoms. The summed E-state index contributed by atoms with van der Waals surface area (Å²) in [5.41, 5.74) is 7.50. The minimum absolute atomic E-state index is 0.171. The van der Waals surface area contributed by atoms with E-state index < -0.39 is 0 Å². The molecule has 4 nitrogen and oxygen atoms in total. The third-order valence-electron chi connectivity index (χ3n) is 6.06. The summed E-state index contributed by atoms with van der Waals surface area (Å²) in [5.74, 6) is 0.220. The summed E-state index contributed by atoms with van der Waals surface area (Å²) in [6.07, 6.45) is 7.19. The van der Waals surface area contributed by atoms with Crippen molar-refractivity contribution in [1.29, 1.82) is 0 Å². The molecule has 0 saturated heterocycles. The lowest BCUT2D eigenvalue weighted by atomic mass is 9.94. The standard InChI is InChI=1S/C24H29NO3/c1-2-28-24(27)13-17-8-6-16(7-9-17)12-19-15-23(18-10-11-20(26)14-18)25-22-5-3-4-21(19)22/h6-9,15,18,20,26H,2-5,10-14H2,1H3. The third kappa shape index (κ3) is 4.27. The van der Waals surface area contributed by atoms with Crippen molar-refractivity contribution in [1.82, 2.24) is 4.98 Å². The summed E-state index contributed by atoms with van der Waals surface area (Å²) in [6, 6.07) is 10.6. The highest BCUT2D eigenvalue weighted by atomic mass is 16.5. The maximum Gasteiger partial charge on any atom is 0.310 e. The van der Waals surface area contributed by atoms with Crippen molar-refractivity contribution in [2.75, 3.05) is 6.61 Å². The van der Waals surface area contributed by atoms with Crippen molar-refractivity contribution in [3.05, 3.63) is 64.0 Å². The van der Waals surface area contributed by atoms with E-state index in [9.17, 15) is 9.90 Å². The normalized spacial score (nSPS) is 20.9. The number of aryl methyl sites for hydroxylation is 1. The number of hydrogen-bond donors (Lipinski definition) is 1. The molecule has 1 aromatic heterocycles. The van der Waals surface area contributed by atoms with Gasteiger partial charge in [-0.15, -0.1) is 0 Å². The van der Waals surface area contributed by atoms with Crippen LogP contribution in [-0.4, -0.2) is 28.8 Å². The quantitative estimate of drug-likeness (QED) is 0.774. The van der Waals surface area contributed by atoms with Crippen LogP contribution in [0.25, 0.3) is 0 Å². The molecule has 4 rings (SSSR count). The Labute approximate surface area is 167 Å². The zero-order valence-corrected chi connectivity index (χ0v) is 16.6. The van der Waals surface area contributed by atoms with E-state index in [2.05, 4.69) is 18.2 Å². The average molecular weight is 380 g/mol. The fraction of sp³-hybridized carbons (Fsp3) is 0.500. The van der Waals surface area contributed by atoms with Gasteiger partial charge in [0.05, 0.1) is 19.1 Å². The molecule has 2 aliphatic rings. The van der Waals surface area contributed by atoms with Gasteiger partial charge < -0.3 is 9.84 Å². The molecule has 4 heteroatoms. The molecule has 1 saturated carbocycles. The van der Waals surface area contributed by atoms with E-state index in [0.29, 0.717) is 18.9 Å². The van der Waals surface area contributed by atoms with Gasteiger partial charge >= 0.3 is 5.97 Å². The Morgan fingerprint density at radius 2 is 1.96 bits per heavy atom. The highest BCUT2D eigenvalue weighted by molar-refractivity contribution is 5.72. The van der Waals surface area contributed by atoms with E-state index in [1.807, 2.05) is 19.1 Å². The monoisotopic (exact) mass is 379 g/mol. The van der Waals surface area contributed by atoms with Crippen molar-refractivity contribution in [3.8, 4) is 0 Å². The number of aromatic nitrogens is 1. The first-order valence-electron chi connectivity index (χ1n) is 10.6. The van der Waals surface area contributed by atoms with Crippen LogP contribution in [0.2, 0.25) is 0 Å². The highest BCUT2D eigenvalue weighted by Crippen LogP contribution is 2.36. The van der Waals surface area contributed by atoms with E-state index in [0.717, 1.165) is 44.1 Å². The fourth-order valence-corrected chi connectivity index (χ4v) is 4.62. The first kappa shape index (κ1) is 19.1. The van der Waals surface area contributed by atoms with E-state index in [4.69, 9.17) is 9.72 Å². The number of ether oxygens (including phenoxy) is 1. The van der Waals surface area contributed by atoms with E-state index >= 15 is 0 Å². The van der Waals surface area contributed by atoms with Gasteiger partial charge in [0.2, 0.25) is 0 Å². The lowest BCUT2D eigenvalue weighted by Gasteiger charge is -2.15. The van der Waals surface area contributed by atoms with E-state index in [1.165, 1.54) is 34.5 Å². The van der Waals surface area contributed by atoms with Crippen molar-refractivity contribution in [2.24, 2.45) is 0 Å². The molecule has 1 N–H and O–H groups in total. The molecule has 0 spiro atoms. The van der Waals surface area contributed by atoms with Gasteiger partial charge in [0.1, 0.15) is 0 Å². The molecular formula is C24H29NO3. The van der Waals surface area contributed by atoms with Crippen LogP contribution in [0.4, 0.5) is 0 Å². The maximum absolute atomic E-state index is 11.7. The lowest BCUT2D eigenvalue weighted by Crippen LogP contribution is -2.08. The molecule has 0 aliphatic heterocycles. The van der Waals surface area contributed by atoms with Crippen LogP contribution in [0.1, 0.15) is 72.2 Å². The summed E-state index contributed by atoms with van der Waals surface area (Å²) in [7, 11) is 0.